The molecule has 27 heavy (non-hydrogen) atoms. The van der Waals surface area contributed by atoms with E-state index in [0.29, 0.717) is 17.9 Å². The molecule has 6 atom stereocenters. The van der Waals surface area contributed by atoms with E-state index < -0.39 is 42.1 Å². The van der Waals surface area contributed by atoms with E-state index in [2.05, 4.69) is 15.0 Å². The van der Waals surface area contributed by atoms with Crippen LogP contribution in [0.25, 0.3) is 11.2 Å². The number of aliphatic hydroxyl groups excluding tert-OH is 2. The molecular formula is C15H22N5O6S+. The van der Waals surface area contributed by atoms with Gasteiger partial charge in [0, 0.05) is 6.42 Å². The maximum atomic E-state index is 11.8. The zero-order valence-electron chi connectivity index (χ0n) is 14.6. The number of aromatic nitrogens is 4. The first-order valence-corrected chi connectivity index (χ1v) is 10.3. The van der Waals surface area contributed by atoms with Crippen LogP contribution in [-0.4, -0.2) is 82.9 Å². The van der Waals surface area contributed by atoms with E-state index in [4.69, 9.17) is 15.6 Å². The monoisotopic (exact) mass is 400 g/mol. The molecule has 0 spiro atoms. The molecule has 2 aromatic rings. The molecule has 3 heterocycles. The number of ether oxygens (including phenoxy) is 1. The second kappa shape index (κ2) is 7.94. The Morgan fingerprint density at radius 2 is 2.19 bits per heavy atom. The van der Waals surface area contributed by atoms with Gasteiger partial charge in [-0.25, -0.2) is 9.97 Å². The topological polar surface area (TPSA) is 177 Å². The predicted molar refractivity (Wildman–Crippen MR) is 97.3 cm³/mol. The van der Waals surface area contributed by atoms with Crippen molar-refractivity contribution in [1.82, 2.24) is 19.5 Å². The van der Waals surface area contributed by atoms with Crippen LogP contribution in [0.5, 0.6) is 0 Å². The quantitative estimate of drug-likeness (QED) is 0.322. The Balaban J connectivity index is 1.69. The number of nitrogens with one attached hydrogen (secondary N) is 1. The van der Waals surface area contributed by atoms with E-state index in [1.165, 1.54) is 17.2 Å². The van der Waals surface area contributed by atoms with Gasteiger partial charge in [-0.15, -0.1) is 0 Å². The van der Waals surface area contributed by atoms with Crippen LogP contribution in [-0.2, 0) is 20.4 Å². The van der Waals surface area contributed by atoms with Gasteiger partial charge in [-0.2, -0.15) is 0 Å². The van der Waals surface area contributed by atoms with Gasteiger partial charge in [0.25, 0.3) is 5.56 Å². The van der Waals surface area contributed by atoms with Crippen LogP contribution in [0.15, 0.2) is 17.4 Å². The van der Waals surface area contributed by atoms with Gasteiger partial charge in [-0.1, -0.05) is 0 Å². The number of nitrogens with zero attached hydrogens (tertiary/aromatic N) is 3. The molecule has 0 radical (unpaired) electrons. The van der Waals surface area contributed by atoms with Crippen LogP contribution in [0.1, 0.15) is 12.6 Å². The average Bonchev–Trinajstić information content (AvgIpc) is 3.17. The fourth-order valence-corrected chi connectivity index (χ4v) is 4.62. The lowest BCUT2D eigenvalue weighted by molar-refractivity contribution is -0.138. The van der Waals surface area contributed by atoms with E-state index in [1.54, 1.807) is 0 Å². The number of rotatable bonds is 7. The Kier molecular flexibility index (Phi) is 5.81. The number of aliphatic carboxylic acids is 1. The summed E-state index contributed by atoms with van der Waals surface area (Å²) in [6, 6.07) is -0.922. The van der Waals surface area contributed by atoms with Gasteiger partial charge < -0.3 is 30.8 Å². The third-order valence-corrected chi connectivity index (χ3v) is 6.35. The molecule has 0 aliphatic carbocycles. The number of fused-ring (bicyclic) bond motifs is 1. The number of nitrogens with two attached hydrogens (primary N) is 1. The van der Waals surface area contributed by atoms with Crippen molar-refractivity contribution >= 4 is 28.0 Å². The lowest BCUT2D eigenvalue weighted by Crippen LogP contribution is -2.37. The third kappa shape index (κ3) is 3.99. The summed E-state index contributed by atoms with van der Waals surface area (Å²) < 4.78 is 7.26. The van der Waals surface area contributed by atoms with E-state index in [1.807, 2.05) is 6.26 Å². The second-order valence-electron chi connectivity index (χ2n) is 6.49. The number of hydrogen-bond donors (Lipinski definition) is 5. The van der Waals surface area contributed by atoms with Gasteiger partial charge >= 0.3 is 5.97 Å². The number of imidazole rings is 1. The number of carboxylic acids is 1. The van der Waals surface area contributed by atoms with Gasteiger partial charge in [0.1, 0.15) is 35.9 Å². The SMILES string of the molecule is C[S+](CC[C@@H](N)C(=O)O)CC1OC(n2cnc3c(=O)[nH]cnc32)[C@H](O)[C@@H]1O. The van der Waals surface area contributed by atoms with E-state index in [0.717, 1.165) is 0 Å². The number of carbonyl (C=O) groups is 1. The van der Waals surface area contributed by atoms with Crippen molar-refractivity contribution in [3.63, 3.8) is 0 Å². The summed E-state index contributed by atoms with van der Waals surface area (Å²) in [7, 11) is -0.260. The number of H-pyrrole nitrogens is 1. The van der Waals surface area contributed by atoms with E-state index >= 15 is 0 Å². The van der Waals surface area contributed by atoms with Crippen LogP contribution in [0.4, 0.5) is 0 Å². The summed E-state index contributed by atoms with van der Waals surface area (Å²) in [6.07, 6.45) is 0.909. The highest BCUT2D eigenvalue weighted by Crippen LogP contribution is 2.31. The number of carboxylic acid groups (broad SMARTS) is 1. The molecule has 1 saturated heterocycles. The van der Waals surface area contributed by atoms with E-state index in [9.17, 15) is 19.8 Å². The molecule has 1 fully saturated rings. The molecule has 12 heteroatoms. The first-order chi connectivity index (χ1) is 12.8. The lowest BCUT2D eigenvalue weighted by atomic mass is 10.1. The predicted octanol–water partition coefficient (Wildman–Crippen LogP) is -2.21. The molecule has 0 saturated carbocycles. The molecule has 1 aliphatic rings. The molecule has 1 aliphatic heterocycles. The van der Waals surface area contributed by atoms with Crippen LogP contribution < -0.4 is 11.3 Å². The van der Waals surface area contributed by atoms with Gasteiger partial charge in [0.05, 0.1) is 18.9 Å². The van der Waals surface area contributed by atoms with E-state index in [-0.39, 0.29) is 22.1 Å². The maximum absolute atomic E-state index is 11.8. The zero-order chi connectivity index (χ0) is 19.7. The van der Waals surface area contributed by atoms with Gasteiger partial charge in [-0.3, -0.25) is 14.2 Å². The molecule has 148 valence electrons. The normalized spacial score (nSPS) is 27.7. The van der Waals surface area contributed by atoms with Crippen molar-refractivity contribution in [3.8, 4) is 0 Å². The molecule has 11 nitrogen and oxygen atoms in total. The first kappa shape index (κ1) is 19.8. The minimum absolute atomic E-state index is 0.115. The first-order valence-electron chi connectivity index (χ1n) is 8.29. The fourth-order valence-electron chi connectivity index (χ4n) is 2.96. The number of hydrogen-bond acceptors (Lipinski definition) is 8. The number of aromatic amines is 1. The van der Waals surface area contributed by atoms with Crippen LogP contribution in [0, 0.1) is 0 Å². The highest BCUT2D eigenvalue weighted by atomic mass is 32.2. The zero-order valence-corrected chi connectivity index (χ0v) is 15.4. The van der Waals surface area contributed by atoms with Crippen molar-refractivity contribution in [2.24, 2.45) is 5.73 Å². The summed E-state index contributed by atoms with van der Waals surface area (Å²) in [5.41, 5.74) is 5.47. The molecular weight excluding hydrogens is 378 g/mol. The standard InChI is InChI=1S/C15H21N5O6S/c1-27(3-2-7(16)15(24)25)4-8-10(21)11(22)14(26-8)20-6-19-9-12(20)17-5-18-13(9)23/h5-8,10-11,14,21-22H,2-4,16H2,1H3,(H-,17,18,23,24,25)/p+1/t7-,8?,10-,11-,14?,27?/m1/s1. The Morgan fingerprint density at radius 1 is 1.44 bits per heavy atom. The average molecular weight is 400 g/mol. The Labute approximate surface area is 156 Å². The maximum Gasteiger partial charge on any atom is 0.320 e. The second-order valence-corrected chi connectivity index (χ2v) is 8.79. The summed E-state index contributed by atoms with van der Waals surface area (Å²) in [5, 5.41) is 29.6. The Bertz CT molecular complexity index is 872. The van der Waals surface area contributed by atoms with Crippen molar-refractivity contribution in [1.29, 1.82) is 0 Å². The third-order valence-electron chi connectivity index (χ3n) is 4.52. The summed E-state index contributed by atoms with van der Waals surface area (Å²) in [5.74, 6) is -0.0258. The molecule has 6 N–H and O–H groups in total. The summed E-state index contributed by atoms with van der Waals surface area (Å²) >= 11 is 0. The molecule has 0 amide bonds. The smallest absolute Gasteiger partial charge is 0.320 e. The van der Waals surface area contributed by atoms with Crippen LogP contribution in [0.2, 0.25) is 0 Å². The fraction of sp³-hybridized carbons (Fsp3) is 0.600. The van der Waals surface area contributed by atoms with Gasteiger partial charge in [-0.05, 0) is 10.9 Å². The van der Waals surface area contributed by atoms with Crippen molar-refractivity contribution in [2.75, 3.05) is 17.8 Å². The molecule has 0 bridgehead atoms. The van der Waals surface area contributed by atoms with Crippen molar-refractivity contribution in [2.45, 2.75) is 37.0 Å². The molecule has 3 unspecified atom stereocenters. The molecule has 2 aromatic heterocycles. The van der Waals surface area contributed by atoms with Gasteiger partial charge in [0.2, 0.25) is 0 Å². The highest BCUT2D eigenvalue weighted by Gasteiger charge is 2.46. The molecule has 0 aromatic carbocycles. The lowest BCUT2D eigenvalue weighted by Gasteiger charge is -2.16. The molecule has 3 rings (SSSR count). The summed E-state index contributed by atoms with van der Waals surface area (Å²) in [4.78, 5) is 33.0. The largest absolute Gasteiger partial charge is 0.480 e. The van der Waals surface area contributed by atoms with Crippen molar-refractivity contribution < 1.29 is 24.9 Å². The Morgan fingerprint density at radius 3 is 2.89 bits per heavy atom. The van der Waals surface area contributed by atoms with Crippen LogP contribution in [0.3, 0.4) is 0 Å². The highest BCUT2D eigenvalue weighted by molar-refractivity contribution is 7.96. The Hall–Kier alpha value is -1.99. The van der Waals surface area contributed by atoms with Crippen molar-refractivity contribution in [3.05, 3.63) is 23.0 Å². The van der Waals surface area contributed by atoms with Crippen LogP contribution >= 0.6 is 0 Å². The summed E-state index contributed by atoms with van der Waals surface area (Å²) in [6.45, 7) is 0. The minimum Gasteiger partial charge on any atom is -0.480 e. The van der Waals surface area contributed by atoms with Gasteiger partial charge in [0.15, 0.2) is 17.4 Å². The number of aliphatic hydroxyl groups is 2. The minimum atomic E-state index is -1.22.